The van der Waals surface area contributed by atoms with Crippen LogP contribution in [0.3, 0.4) is 0 Å². The van der Waals surface area contributed by atoms with E-state index in [0.717, 1.165) is 0 Å². The number of aromatic hydroxyl groups is 1. The Labute approximate surface area is 184 Å². The topological polar surface area (TPSA) is 98.5 Å². The lowest BCUT2D eigenvalue weighted by molar-refractivity contribution is -0.113. The van der Waals surface area contributed by atoms with Gasteiger partial charge < -0.3 is 19.9 Å². The molecule has 1 aromatic heterocycles. The number of rotatable bonds is 10. The highest BCUT2D eigenvalue weighted by atomic mass is 32.2. The van der Waals surface area contributed by atoms with Crippen LogP contribution >= 0.6 is 11.8 Å². The molecule has 0 saturated carbocycles. The third kappa shape index (κ3) is 6.02. The normalized spacial score (nSPS) is 11.5. The minimum atomic E-state index is -0.380. The van der Waals surface area contributed by atoms with E-state index in [2.05, 4.69) is 22.1 Å². The van der Waals surface area contributed by atoms with Crippen LogP contribution < -0.4 is 14.8 Å². The summed E-state index contributed by atoms with van der Waals surface area (Å²) in [5, 5.41) is 21.3. The molecule has 162 valence electrons. The summed E-state index contributed by atoms with van der Waals surface area (Å²) in [7, 11) is 1.60. The minimum Gasteiger partial charge on any atom is -0.508 e. The molecule has 1 atom stereocenters. The number of hydrogen-bond donors (Lipinski definition) is 2. The van der Waals surface area contributed by atoms with Crippen LogP contribution in [-0.4, -0.2) is 38.6 Å². The van der Waals surface area contributed by atoms with Crippen LogP contribution in [0.1, 0.15) is 18.9 Å². The number of thioether (sulfide) groups is 1. The van der Waals surface area contributed by atoms with E-state index in [1.807, 2.05) is 29.7 Å². The van der Waals surface area contributed by atoms with Crippen molar-refractivity contribution in [1.82, 2.24) is 14.8 Å². The largest absolute Gasteiger partial charge is 0.508 e. The van der Waals surface area contributed by atoms with Gasteiger partial charge in [0.2, 0.25) is 5.91 Å². The lowest BCUT2D eigenvalue weighted by Gasteiger charge is -2.16. The lowest BCUT2D eigenvalue weighted by Crippen LogP contribution is -2.15. The van der Waals surface area contributed by atoms with Gasteiger partial charge in [-0.25, -0.2) is 0 Å². The third-order valence-electron chi connectivity index (χ3n) is 4.24. The first-order chi connectivity index (χ1) is 15.0. The van der Waals surface area contributed by atoms with Crippen molar-refractivity contribution in [2.24, 2.45) is 0 Å². The number of anilines is 1. The predicted molar refractivity (Wildman–Crippen MR) is 120 cm³/mol. The van der Waals surface area contributed by atoms with Crippen molar-refractivity contribution in [2.75, 3.05) is 18.2 Å². The monoisotopic (exact) mass is 440 g/mol. The van der Waals surface area contributed by atoms with Crippen molar-refractivity contribution in [2.45, 2.75) is 24.7 Å². The number of allylic oxidation sites excluding steroid dienone is 1. The first kappa shape index (κ1) is 22.2. The van der Waals surface area contributed by atoms with E-state index >= 15 is 0 Å². The second-order valence-electron chi connectivity index (χ2n) is 6.57. The molecule has 0 radical (unpaired) electrons. The van der Waals surface area contributed by atoms with Crippen LogP contribution in [0.2, 0.25) is 0 Å². The standard InChI is InChI=1S/C22H24N4O4S/c1-4-11-26-21(15(2)30-19-10-6-9-18(13-19)29-3)24-25-22(26)31-14-20(28)23-16-7-5-8-17(27)12-16/h4-10,12-13,15,27H,1,11,14H2,2-3H3,(H,23,28). The maximum atomic E-state index is 12.3. The molecular formula is C22H24N4O4S. The number of phenolic OH excluding ortho intramolecular Hbond substituents is 1. The predicted octanol–water partition coefficient (Wildman–Crippen LogP) is 4.05. The summed E-state index contributed by atoms with van der Waals surface area (Å²) in [6, 6.07) is 13.7. The van der Waals surface area contributed by atoms with Crippen molar-refractivity contribution in [1.29, 1.82) is 0 Å². The smallest absolute Gasteiger partial charge is 0.234 e. The maximum Gasteiger partial charge on any atom is 0.234 e. The van der Waals surface area contributed by atoms with Crippen molar-refractivity contribution < 1.29 is 19.4 Å². The van der Waals surface area contributed by atoms with Crippen LogP contribution in [-0.2, 0) is 11.3 Å². The fraction of sp³-hybridized carbons (Fsp3) is 0.227. The molecule has 0 aliphatic heterocycles. The summed E-state index contributed by atoms with van der Waals surface area (Å²) in [5.74, 6) is 1.98. The van der Waals surface area contributed by atoms with Gasteiger partial charge in [0.1, 0.15) is 17.2 Å². The molecule has 0 fully saturated rings. The molecule has 8 nitrogen and oxygen atoms in total. The van der Waals surface area contributed by atoms with Gasteiger partial charge in [-0.05, 0) is 31.2 Å². The molecule has 0 bridgehead atoms. The molecule has 1 amide bonds. The Bertz CT molecular complexity index is 1050. The van der Waals surface area contributed by atoms with Gasteiger partial charge in [0.15, 0.2) is 17.1 Å². The quantitative estimate of drug-likeness (QED) is 0.362. The van der Waals surface area contributed by atoms with E-state index < -0.39 is 0 Å². The average Bonchev–Trinajstić information content (AvgIpc) is 3.15. The molecule has 1 unspecified atom stereocenters. The Hall–Kier alpha value is -3.46. The highest BCUT2D eigenvalue weighted by Crippen LogP contribution is 2.27. The van der Waals surface area contributed by atoms with Gasteiger partial charge in [0.25, 0.3) is 0 Å². The molecule has 2 aromatic carbocycles. The second-order valence-corrected chi connectivity index (χ2v) is 7.51. The van der Waals surface area contributed by atoms with E-state index in [-0.39, 0.29) is 23.5 Å². The Kier molecular flexibility index (Phi) is 7.55. The van der Waals surface area contributed by atoms with Gasteiger partial charge in [0.05, 0.1) is 12.9 Å². The number of methoxy groups -OCH3 is 1. The Balaban J connectivity index is 1.67. The summed E-state index contributed by atoms with van der Waals surface area (Å²) in [6.07, 6.45) is 1.36. The number of carbonyl (C=O) groups excluding carboxylic acids is 1. The van der Waals surface area contributed by atoms with Crippen molar-refractivity contribution in [3.05, 3.63) is 67.0 Å². The summed E-state index contributed by atoms with van der Waals surface area (Å²) in [4.78, 5) is 12.3. The molecule has 0 aliphatic carbocycles. The zero-order valence-electron chi connectivity index (χ0n) is 17.3. The van der Waals surface area contributed by atoms with Crippen LogP contribution in [0, 0.1) is 0 Å². The van der Waals surface area contributed by atoms with Gasteiger partial charge in [-0.3, -0.25) is 9.36 Å². The van der Waals surface area contributed by atoms with Gasteiger partial charge in [-0.1, -0.05) is 30.0 Å². The van der Waals surface area contributed by atoms with Crippen LogP contribution in [0.15, 0.2) is 66.3 Å². The van der Waals surface area contributed by atoms with Crippen molar-refractivity contribution in [3.8, 4) is 17.2 Å². The van der Waals surface area contributed by atoms with Gasteiger partial charge in [0, 0.05) is 24.4 Å². The average molecular weight is 441 g/mol. The Morgan fingerprint density at radius 2 is 2.03 bits per heavy atom. The van der Waals surface area contributed by atoms with Gasteiger partial charge in [-0.2, -0.15) is 0 Å². The number of benzene rings is 2. The molecule has 9 heteroatoms. The number of nitrogens with zero attached hydrogens (tertiary/aromatic N) is 3. The number of amides is 1. The number of phenols is 1. The zero-order chi connectivity index (χ0) is 22.2. The highest BCUT2D eigenvalue weighted by Gasteiger charge is 2.20. The van der Waals surface area contributed by atoms with Gasteiger partial charge in [-0.15, -0.1) is 16.8 Å². The van der Waals surface area contributed by atoms with Crippen molar-refractivity contribution in [3.63, 3.8) is 0 Å². The molecule has 0 saturated heterocycles. The van der Waals surface area contributed by atoms with Gasteiger partial charge >= 0.3 is 0 Å². The molecule has 2 N–H and O–H groups in total. The maximum absolute atomic E-state index is 12.3. The molecule has 1 heterocycles. The second kappa shape index (κ2) is 10.5. The van der Waals surface area contributed by atoms with E-state index in [1.54, 1.807) is 37.5 Å². The summed E-state index contributed by atoms with van der Waals surface area (Å²) < 4.78 is 13.1. The molecule has 3 rings (SSSR count). The highest BCUT2D eigenvalue weighted by molar-refractivity contribution is 7.99. The summed E-state index contributed by atoms with van der Waals surface area (Å²) >= 11 is 1.26. The molecule has 0 aliphatic rings. The number of hydrogen-bond acceptors (Lipinski definition) is 7. The number of carbonyl (C=O) groups is 1. The van der Waals surface area contributed by atoms with E-state index in [1.165, 1.54) is 17.8 Å². The minimum absolute atomic E-state index is 0.0887. The number of ether oxygens (including phenoxy) is 2. The SMILES string of the molecule is C=CCn1c(SCC(=O)Nc2cccc(O)c2)nnc1C(C)Oc1cccc(OC)c1. The summed E-state index contributed by atoms with van der Waals surface area (Å²) in [5.41, 5.74) is 0.527. The third-order valence-corrected chi connectivity index (χ3v) is 5.20. The number of nitrogens with one attached hydrogen (secondary N) is 1. The van der Waals surface area contributed by atoms with E-state index in [4.69, 9.17) is 9.47 Å². The molecular weight excluding hydrogens is 416 g/mol. The lowest BCUT2D eigenvalue weighted by atomic mass is 10.3. The van der Waals surface area contributed by atoms with E-state index in [9.17, 15) is 9.90 Å². The fourth-order valence-electron chi connectivity index (χ4n) is 2.85. The number of aromatic nitrogens is 3. The first-order valence-electron chi connectivity index (χ1n) is 9.56. The zero-order valence-corrected chi connectivity index (χ0v) is 18.1. The summed E-state index contributed by atoms with van der Waals surface area (Å²) in [6.45, 7) is 6.16. The van der Waals surface area contributed by atoms with Crippen molar-refractivity contribution >= 4 is 23.4 Å². The van der Waals surface area contributed by atoms with Crippen LogP contribution in [0.25, 0.3) is 0 Å². The molecule has 0 spiro atoms. The molecule has 3 aromatic rings. The van der Waals surface area contributed by atoms with Crippen LogP contribution in [0.5, 0.6) is 17.2 Å². The Morgan fingerprint density at radius 3 is 2.77 bits per heavy atom. The van der Waals surface area contributed by atoms with Crippen LogP contribution in [0.4, 0.5) is 5.69 Å². The first-order valence-corrected chi connectivity index (χ1v) is 10.5. The van der Waals surface area contributed by atoms with E-state index in [0.29, 0.717) is 34.7 Å². The fourth-order valence-corrected chi connectivity index (χ4v) is 3.61. The Morgan fingerprint density at radius 1 is 1.26 bits per heavy atom. The molecule has 31 heavy (non-hydrogen) atoms.